The van der Waals surface area contributed by atoms with Crippen molar-refractivity contribution in [3.05, 3.63) is 0 Å². The average molecular weight is 197 g/mol. The van der Waals surface area contributed by atoms with Gasteiger partial charge in [-0.05, 0) is 19.4 Å². The standard InChI is InChI=1S/C9H15N3O2/c10-8(13)5-12-3-1-2-6-7(12)4-11-9(6)14/h6-7H,1-5H2,(H2,10,13)(H,11,14). The molecular formula is C9H15N3O2. The van der Waals surface area contributed by atoms with Crippen LogP contribution in [0.25, 0.3) is 0 Å². The van der Waals surface area contributed by atoms with E-state index in [4.69, 9.17) is 5.73 Å². The van der Waals surface area contributed by atoms with Crippen LogP contribution in [0.1, 0.15) is 12.8 Å². The molecular weight excluding hydrogens is 182 g/mol. The third-order valence-electron chi connectivity index (χ3n) is 3.08. The van der Waals surface area contributed by atoms with Gasteiger partial charge in [0.05, 0.1) is 12.5 Å². The summed E-state index contributed by atoms with van der Waals surface area (Å²) in [6.07, 6.45) is 1.91. The Kier molecular flexibility index (Phi) is 2.41. The number of nitrogens with zero attached hydrogens (tertiary/aromatic N) is 1. The minimum Gasteiger partial charge on any atom is -0.369 e. The lowest BCUT2D eigenvalue weighted by Gasteiger charge is -2.34. The Labute approximate surface area is 82.6 Å². The second-order valence-electron chi connectivity index (χ2n) is 4.00. The number of primary amides is 1. The van der Waals surface area contributed by atoms with Gasteiger partial charge in [0.25, 0.3) is 0 Å². The van der Waals surface area contributed by atoms with Crippen molar-refractivity contribution < 1.29 is 9.59 Å². The van der Waals surface area contributed by atoms with Gasteiger partial charge in [-0.1, -0.05) is 0 Å². The number of nitrogens with two attached hydrogens (primary N) is 1. The maximum atomic E-state index is 11.4. The predicted molar refractivity (Wildman–Crippen MR) is 50.3 cm³/mol. The van der Waals surface area contributed by atoms with E-state index in [9.17, 15) is 9.59 Å². The van der Waals surface area contributed by atoms with Gasteiger partial charge in [0, 0.05) is 12.6 Å². The van der Waals surface area contributed by atoms with E-state index < -0.39 is 0 Å². The van der Waals surface area contributed by atoms with Crippen LogP contribution in [0.15, 0.2) is 0 Å². The van der Waals surface area contributed by atoms with E-state index in [-0.39, 0.29) is 30.3 Å². The number of hydrogen-bond donors (Lipinski definition) is 2. The molecule has 2 aliphatic heterocycles. The van der Waals surface area contributed by atoms with Crippen LogP contribution in [0, 0.1) is 5.92 Å². The molecule has 0 radical (unpaired) electrons. The Morgan fingerprint density at radius 1 is 1.64 bits per heavy atom. The molecule has 3 N–H and O–H groups in total. The zero-order valence-electron chi connectivity index (χ0n) is 8.03. The first-order chi connectivity index (χ1) is 6.68. The van der Waals surface area contributed by atoms with Gasteiger partial charge in [-0.15, -0.1) is 0 Å². The van der Waals surface area contributed by atoms with Crippen LogP contribution in [0.3, 0.4) is 0 Å². The number of fused-ring (bicyclic) bond motifs is 1. The maximum Gasteiger partial charge on any atom is 0.231 e. The summed E-state index contributed by atoms with van der Waals surface area (Å²) in [4.78, 5) is 24.2. The van der Waals surface area contributed by atoms with Crippen LogP contribution in [0.4, 0.5) is 0 Å². The number of carbonyl (C=O) groups is 2. The van der Waals surface area contributed by atoms with Crippen molar-refractivity contribution in [3.63, 3.8) is 0 Å². The molecule has 0 bridgehead atoms. The molecule has 2 fully saturated rings. The van der Waals surface area contributed by atoms with Crippen LogP contribution in [-0.2, 0) is 9.59 Å². The van der Waals surface area contributed by atoms with Crippen molar-refractivity contribution in [2.75, 3.05) is 19.6 Å². The molecule has 0 aromatic rings. The normalized spacial score (nSPS) is 32.4. The number of nitrogens with one attached hydrogen (secondary N) is 1. The Balaban J connectivity index is 2.05. The zero-order chi connectivity index (χ0) is 10.1. The molecule has 2 saturated heterocycles. The average Bonchev–Trinajstić information content (AvgIpc) is 2.49. The number of amides is 2. The summed E-state index contributed by atoms with van der Waals surface area (Å²) < 4.78 is 0. The quantitative estimate of drug-likeness (QED) is 0.576. The number of rotatable bonds is 2. The lowest BCUT2D eigenvalue weighted by Crippen LogP contribution is -2.48. The highest BCUT2D eigenvalue weighted by Crippen LogP contribution is 2.26. The lowest BCUT2D eigenvalue weighted by molar-refractivity contribution is -0.126. The SMILES string of the molecule is NC(=O)CN1CCCC2C(=O)NCC21. The first kappa shape index (κ1) is 9.45. The van der Waals surface area contributed by atoms with Gasteiger partial charge in [-0.25, -0.2) is 0 Å². The van der Waals surface area contributed by atoms with Crippen molar-refractivity contribution in [1.82, 2.24) is 10.2 Å². The molecule has 0 aliphatic carbocycles. The molecule has 2 amide bonds. The summed E-state index contributed by atoms with van der Waals surface area (Å²) in [5.74, 6) is -0.114. The van der Waals surface area contributed by atoms with E-state index in [0.717, 1.165) is 19.4 Å². The summed E-state index contributed by atoms with van der Waals surface area (Å²) in [6, 6.07) is 0.184. The van der Waals surface area contributed by atoms with Gasteiger partial charge in [0.15, 0.2) is 0 Å². The first-order valence-electron chi connectivity index (χ1n) is 4.98. The number of likely N-dealkylation sites (tertiary alicyclic amines) is 1. The van der Waals surface area contributed by atoms with E-state index in [1.165, 1.54) is 0 Å². The van der Waals surface area contributed by atoms with Gasteiger partial charge < -0.3 is 11.1 Å². The lowest BCUT2D eigenvalue weighted by atomic mass is 9.91. The second kappa shape index (κ2) is 3.57. The fourth-order valence-electron chi connectivity index (χ4n) is 2.44. The number of hydrogen-bond acceptors (Lipinski definition) is 3. The fraction of sp³-hybridized carbons (Fsp3) is 0.778. The van der Waals surface area contributed by atoms with Gasteiger partial charge in [-0.3, -0.25) is 14.5 Å². The minimum atomic E-state index is -0.315. The van der Waals surface area contributed by atoms with E-state index >= 15 is 0 Å². The summed E-state index contributed by atoms with van der Waals surface area (Å²) in [6.45, 7) is 1.81. The molecule has 2 atom stereocenters. The molecule has 14 heavy (non-hydrogen) atoms. The predicted octanol–water partition coefficient (Wildman–Crippen LogP) is -1.32. The third-order valence-corrected chi connectivity index (χ3v) is 3.08. The van der Waals surface area contributed by atoms with E-state index in [2.05, 4.69) is 5.32 Å². The molecule has 0 aromatic heterocycles. The van der Waals surface area contributed by atoms with Gasteiger partial charge in [-0.2, -0.15) is 0 Å². The monoisotopic (exact) mass is 197 g/mol. The van der Waals surface area contributed by atoms with Gasteiger partial charge >= 0.3 is 0 Å². The number of piperidine rings is 1. The maximum absolute atomic E-state index is 11.4. The summed E-state index contributed by atoms with van der Waals surface area (Å²) in [5, 5.41) is 2.83. The van der Waals surface area contributed by atoms with E-state index in [1.807, 2.05) is 4.90 Å². The van der Waals surface area contributed by atoms with Crippen LogP contribution >= 0.6 is 0 Å². The second-order valence-corrected chi connectivity index (χ2v) is 4.00. The van der Waals surface area contributed by atoms with Crippen LogP contribution < -0.4 is 11.1 Å². The molecule has 0 saturated carbocycles. The Bertz CT molecular complexity index is 267. The highest BCUT2D eigenvalue weighted by Gasteiger charge is 2.40. The van der Waals surface area contributed by atoms with E-state index in [1.54, 1.807) is 0 Å². The summed E-state index contributed by atoms with van der Waals surface area (Å²) in [7, 11) is 0. The molecule has 78 valence electrons. The molecule has 2 rings (SSSR count). The Morgan fingerprint density at radius 3 is 3.14 bits per heavy atom. The van der Waals surface area contributed by atoms with Crippen LogP contribution in [0.5, 0.6) is 0 Å². The summed E-state index contributed by atoms with van der Waals surface area (Å²) in [5.41, 5.74) is 5.15. The molecule has 2 heterocycles. The van der Waals surface area contributed by atoms with Crippen LogP contribution in [0.2, 0.25) is 0 Å². The molecule has 5 heteroatoms. The largest absolute Gasteiger partial charge is 0.369 e. The third kappa shape index (κ3) is 1.59. The molecule has 2 unspecified atom stereocenters. The topological polar surface area (TPSA) is 75.4 Å². The van der Waals surface area contributed by atoms with Crippen molar-refractivity contribution in [2.45, 2.75) is 18.9 Å². The molecule has 0 spiro atoms. The Hall–Kier alpha value is -1.10. The zero-order valence-corrected chi connectivity index (χ0v) is 8.03. The van der Waals surface area contributed by atoms with Gasteiger partial charge in [0.1, 0.15) is 0 Å². The molecule has 0 aromatic carbocycles. The van der Waals surface area contributed by atoms with Crippen LogP contribution in [-0.4, -0.2) is 42.4 Å². The van der Waals surface area contributed by atoms with Gasteiger partial charge in [0.2, 0.25) is 11.8 Å². The van der Waals surface area contributed by atoms with E-state index in [0.29, 0.717) is 6.54 Å². The highest BCUT2D eigenvalue weighted by atomic mass is 16.2. The minimum absolute atomic E-state index is 0.0723. The highest BCUT2D eigenvalue weighted by molar-refractivity contribution is 5.82. The molecule has 5 nitrogen and oxygen atoms in total. The van der Waals surface area contributed by atoms with Crippen molar-refractivity contribution in [2.24, 2.45) is 11.7 Å². The van der Waals surface area contributed by atoms with Crippen molar-refractivity contribution >= 4 is 11.8 Å². The Morgan fingerprint density at radius 2 is 2.43 bits per heavy atom. The summed E-state index contributed by atoms with van der Waals surface area (Å²) >= 11 is 0. The first-order valence-corrected chi connectivity index (χ1v) is 4.98. The molecule has 2 aliphatic rings. The fourth-order valence-corrected chi connectivity index (χ4v) is 2.44. The van der Waals surface area contributed by atoms with Crippen molar-refractivity contribution in [1.29, 1.82) is 0 Å². The smallest absolute Gasteiger partial charge is 0.231 e. The van der Waals surface area contributed by atoms with Crippen molar-refractivity contribution in [3.8, 4) is 0 Å². The number of carbonyl (C=O) groups excluding carboxylic acids is 2.